The van der Waals surface area contributed by atoms with Crippen LogP contribution in [0.3, 0.4) is 0 Å². The van der Waals surface area contributed by atoms with Gasteiger partial charge in [-0.1, -0.05) is 0 Å². The average Bonchev–Trinajstić information content (AvgIpc) is 2.43. The largest absolute Gasteiger partial charge is 0.545 e. The van der Waals surface area contributed by atoms with E-state index in [1.807, 2.05) is 43.0 Å². The van der Waals surface area contributed by atoms with Gasteiger partial charge in [0.2, 0.25) is 0 Å². The molecule has 78 valence electrons. The van der Waals surface area contributed by atoms with Gasteiger partial charge in [0.05, 0.1) is 0 Å². The molecule has 0 saturated heterocycles. The normalized spacial score (nSPS) is 10.9. The summed E-state index contributed by atoms with van der Waals surface area (Å²) in [7, 11) is 4.00. The summed E-state index contributed by atoms with van der Waals surface area (Å²) in [5.74, 6) is 0. The minimum absolute atomic E-state index is 0. The second-order valence-electron chi connectivity index (χ2n) is 1.74. The van der Waals surface area contributed by atoms with E-state index in [-0.39, 0.29) is 28.5 Å². The topological polar surface area (TPSA) is 40.6 Å². The molecule has 0 radical (unpaired) electrons. The van der Waals surface area contributed by atoms with Gasteiger partial charge in [0.1, 0.15) is 0 Å². The van der Waals surface area contributed by atoms with Gasteiger partial charge in [-0.25, -0.2) is 0 Å². The van der Waals surface area contributed by atoms with E-state index in [1.54, 1.807) is 0 Å². The van der Waals surface area contributed by atoms with Crippen LogP contribution in [0.15, 0.2) is 12.4 Å². The van der Waals surface area contributed by atoms with Crippen LogP contribution >= 0.6 is 0 Å². The van der Waals surface area contributed by atoms with Gasteiger partial charge in [-0.05, 0) is 26.5 Å². The van der Waals surface area contributed by atoms with Gasteiger partial charge in [-0.3, -0.25) is 13.6 Å². The summed E-state index contributed by atoms with van der Waals surface area (Å²) < 4.78 is 0. The second-order valence-corrected chi connectivity index (χ2v) is 1.74. The van der Waals surface area contributed by atoms with E-state index in [1.165, 1.54) is 0 Å². The zero-order chi connectivity index (χ0) is 9.28. The molecule has 0 aromatic heterocycles. The number of nitrogens with zero attached hydrogens (tertiary/aromatic N) is 2. The maximum absolute atomic E-state index is 7.75. The van der Waals surface area contributed by atoms with Crippen molar-refractivity contribution >= 4 is 13.6 Å². The summed E-state index contributed by atoms with van der Waals surface area (Å²) in [6, 6.07) is 0. The van der Waals surface area contributed by atoms with E-state index in [2.05, 4.69) is 13.6 Å². The van der Waals surface area contributed by atoms with E-state index in [9.17, 15) is 0 Å². The first-order valence-electron chi connectivity index (χ1n) is 2.73. The van der Waals surface area contributed by atoms with Gasteiger partial charge >= 0.3 is 0 Å². The molecule has 0 bridgehead atoms. The first kappa shape index (κ1) is 22.8. The summed E-state index contributed by atoms with van der Waals surface area (Å²) in [6.45, 7) is 8.50. The average molecular weight is 354 g/mol. The van der Waals surface area contributed by atoms with Crippen LogP contribution in [-0.2, 0) is 30.7 Å². The smallest absolute Gasteiger partial charge is 0 e. The van der Waals surface area contributed by atoms with Crippen molar-refractivity contribution in [3.63, 3.8) is 0 Å². The van der Waals surface area contributed by atoms with Crippen LogP contribution in [0.25, 0.3) is 0 Å². The molecule has 5 heteroatoms. The molecule has 0 fully saturated rings. The molecular formula is C8H14N2O2W-4. The molecule has 1 aliphatic heterocycles. The third kappa shape index (κ3) is 14.2. The Hall–Kier alpha value is -0.632. The molecule has 1 rings (SSSR count). The van der Waals surface area contributed by atoms with E-state index in [0.717, 1.165) is 0 Å². The van der Waals surface area contributed by atoms with Crippen LogP contribution in [0.2, 0.25) is 0 Å². The molecule has 0 amide bonds. The van der Waals surface area contributed by atoms with Crippen molar-refractivity contribution in [3.05, 3.63) is 26.5 Å². The molecule has 4 nitrogen and oxygen atoms in total. The summed E-state index contributed by atoms with van der Waals surface area (Å²) in [6.07, 6.45) is 4.00. The van der Waals surface area contributed by atoms with E-state index < -0.39 is 0 Å². The number of hydrogen-bond acceptors (Lipinski definition) is 4. The van der Waals surface area contributed by atoms with Crippen LogP contribution in [-0.4, -0.2) is 37.5 Å². The van der Waals surface area contributed by atoms with Gasteiger partial charge in [0.15, 0.2) is 0 Å². The van der Waals surface area contributed by atoms with Crippen molar-refractivity contribution in [3.8, 4) is 0 Å². The maximum atomic E-state index is 7.75. The number of rotatable bonds is 0. The fourth-order valence-corrected chi connectivity index (χ4v) is 0.575. The van der Waals surface area contributed by atoms with Crippen LogP contribution in [0.1, 0.15) is 0 Å². The quantitative estimate of drug-likeness (QED) is 0.465. The summed E-state index contributed by atoms with van der Waals surface area (Å²) in [5.41, 5.74) is 0. The van der Waals surface area contributed by atoms with Crippen molar-refractivity contribution in [1.29, 1.82) is 0 Å². The van der Waals surface area contributed by atoms with E-state index in [4.69, 9.17) is 9.59 Å². The Kier molecular flexibility index (Phi) is 30.6. The molecule has 0 saturated carbocycles. The maximum Gasteiger partial charge on any atom is 0 e. The predicted octanol–water partition coefficient (Wildman–Crippen LogP) is 0.354. The Labute approximate surface area is 94.8 Å². The van der Waals surface area contributed by atoms with Crippen LogP contribution in [0.5, 0.6) is 0 Å². The zero-order valence-electron chi connectivity index (χ0n) is 8.01. The molecule has 0 aliphatic carbocycles. The standard InChI is InChI=1S/C5H9N2.2CHO.CH3.W/c1-6-3-4-7(2)5-6;2*1-2;;/h3-5H,1-2H3;2*1H;1H3;/q4*-1;. The Morgan fingerprint density at radius 1 is 1.00 bits per heavy atom. The molecule has 1 heterocycles. The molecule has 13 heavy (non-hydrogen) atoms. The monoisotopic (exact) mass is 354 g/mol. The van der Waals surface area contributed by atoms with Gasteiger partial charge in [-0.15, -0.1) is 0 Å². The van der Waals surface area contributed by atoms with Gasteiger partial charge < -0.3 is 26.8 Å². The Balaban J connectivity index is -0.0000000607. The SMILES string of the molecule is CN1C=CN(C)[CH-]1.[CH-]=O.[CH-]=O.[CH3-].[W]. The molecule has 0 unspecified atom stereocenters. The molecule has 0 spiro atoms. The van der Waals surface area contributed by atoms with E-state index in [0.29, 0.717) is 0 Å². The Morgan fingerprint density at radius 2 is 1.23 bits per heavy atom. The minimum Gasteiger partial charge on any atom is -0.545 e. The Morgan fingerprint density at radius 3 is 1.31 bits per heavy atom. The van der Waals surface area contributed by atoms with Crippen molar-refractivity contribution in [2.24, 2.45) is 0 Å². The fourth-order valence-electron chi connectivity index (χ4n) is 0.575. The van der Waals surface area contributed by atoms with Crippen LogP contribution < -0.4 is 0 Å². The fraction of sp³-hybridized carbons (Fsp3) is 0.250. The number of hydrogen-bond donors (Lipinski definition) is 0. The number of carbonyl (C=O) groups excluding carboxylic acids is 2. The van der Waals surface area contributed by atoms with Gasteiger partial charge in [-0.2, -0.15) is 6.67 Å². The van der Waals surface area contributed by atoms with Crippen molar-refractivity contribution in [2.45, 2.75) is 0 Å². The third-order valence-corrected chi connectivity index (χ3v) is 0.901. The van der Waals surface area contributed by atoms with Crippen LogP contribution in [0, 0.1) is 14.1 Å². The Bertz CT molecular complexity index is 111. The molecule has 0 aromatic rings. The van der Waals surface area contributed by atoms with Crippen molar-refractivity contribution in [2.75, 3.05) is 14.1 Å². The van der Waals surface area contributed by atoms with E-state index >= 15 is 0 Å². The first-order chi connectivity index (χ1) is 5.29. The summed E-state index contributed by atoms with van der Waals surface area (Å²) in [5, 5.41) is 0. The minimum atomic E-state index is 0. The molecule has 1 aliphatic rings. The van der Waals surface area contributed by atoms with Crippen LogP contribution in [0.4, 0.5) is 0 Å². The third-order valence-electron chi connectivity index (χ3n) is 0.901. The molecule has 0 atom stereocenters. The predicted molar refractivity (Wildman–Crippen MR) is 48.9 cm³/mol. The molecule has 0 aromatic carbocycles. The molecule has 0 N–H and O–H groups in total. The van der Waals surface area contributed by atoms with Crippen molar-refractivity contribution in [1.82, 2.24) is 9.80 Å². The summed E-state index contributed by atoms with van der Waals surface area (Å²) in [4.78, 5) is 19.5. The van der Waals surface area contributed by atoms with Gasteiger partial charge in [0, 0.05) is 21.1 Å². The van der Waals surface area contributed by atoms with Crippen molar-refractivity contribution < 1.29 is 30.7 Å². The second kappa shape index (κ2) is 17.5. The molecular weight excluding hydrogens is 340 g/mol. The zero-order valence-corrected chi connectivity index (χ0v) is 10.9. The summed E-state index contributed by atoms with van der Waals surface area (Å²) >= 11 is 0. The van der Waals surface area contributed by atoms with Gasteiger partial charge in [0.25, 0.3) is 0 Å². The first-order valence-corrected chi connectivity index (χ1v) is 2.73.